The van der Waals surface area contributed by atoms with E-state index in [0.29, 0.717) is 18.3 Å². The van der Waals surface area contributed by atoms with E-state index in [0.717, 1.165) is 17.7 Å². The second kappa shape index (κ2) is 4.39. The van der Waals surface area contributed by atoms with Crippen molar-refractivity contribution in [2.45, 2.75) is 18.9 Å². The fraction of sp³-hybridized carbons (Fsp3) is 0.600. The summed E-state index contributed by atoms with van der Waals surface area (Å²) in [7, 11) is 3.29. The summed E-state index contributed by atoms with van der Waals surface area (Å²) in [6.07, 6.45) is 0.927. The number of rotatable bonds is 3. The first-order valence-corrected chi connectivity index (χ1v) is 6.64. The first-order chi connectivity index (χ1) is 9.13. The molecule has 1 aliphatic carbocycles. The monoisotopic (exact) mass is 264 g/mol. The Kier molecular flexibility index (Phi) is 2.95. The van der Waals surface area contributed by atoms with E-state index in [1.165, 1.54) is 5.56 Å². The highest BCUT2D eigenvalue weighted by Crippen LogP contribution is 2.52. The number of hydrogen-bond acceptors (Lipinski definition) is 4. The van der Waals surface area contributed by atoms with Crippen molar-refractivity contribution in [1.82, 2.24) is 0 Å². The zero-order valence-electron chi connectivity index (χ0n) is 11.6. The molecule has 0 saturated carbocycles. The Labute approximate surface area is 113 Å². The lowest BCUT2D eigenvalue weighted by Gasteiger charge is -2.37. The average molecular weight is 264 g/mol. The molecule has 0 amide bonds. The molecular formula is C15H20O4. The van der Waals surface area contributed by atoms with Crippen LogP contribution in [-0.2, 0) is 16.8 Å². The van der Waals surface area contributed by atoms with Gasteiger partial charge in [0.05, 0.1) is 26.4 Å². The van der Waals surface area contributed by atoms with Gasteiger partial charge in [-0.25, -0.2) is 0 Å². The third-order valence-corrected chi connectivity index (χ3v) is 4.70. The van der Waals surface area contributed by atoms with Crippen LogP contribution in [-0.4, -0.2) is 32.5 Å². The van der Waals surface area contributed by atoms with E-state index in [9.17, 15) is 5.11 Å². The van der Waals surface area contributed by atoms with Crippen LogP contribution in [0, 0.1) is 11.8 Å². The van der Waals surface area contributed by atoms with Crippen LogP contribution in [0.3, 0.4) is 0 Å². The molecule has 0 spiro atoms. The second-order valence-corrected chi connectivity index (χ2v) is 5.54. The molecule has 2 aliphatic rings. The maximum atomic E-state index is 9.65. The minimum absolute atomic E-state index is 0.162. The quantitative estimate of drug-likeness (QED) is 0.903. The van der Waals surface area contributed by atoms with Crippen molar-refractivity contribution in [2.24, 2.45) is 11.8 Å². The zero-order chi connectivity index (χ0) is 13.6. The van der Waals surface area contributed by atoms with Gasteiger partial charge in [0.1, 0.15) is 0 Å². The van der Waals surface area contributed by atoms with Crippen LogP contribution < -0.4 is 9.47 Å². The van der Waals surface area contributed by atoms with Crippen molar-refractivity contribution < 1.29 is 19.3 Å². The Bertz CT molecular complexity index is 499. The van der Waals surface area contributed by atoms with E-state index in [-0.39, 0.29) is 12.5 Å². The topological polar surface area (TPSA) is 47.9 Å². The fourth-order valence-electron chi connectivity index (χ4n) is 3.59. The molecule has 0 radical (unpaired) electrons. The van der Waals surface area contributed by atoms with Crippen molar-refractivity contribution in [1.29, 1.82) is 0 Å². The summed E-state index contributed by atoms with van der Waals surface area (Å²) in [5, 5.41) is 9.65. The molecule has 2 bridgehead atoms. The lowest BCUT2D eigenvalue weighted by Crippen LogP contribution is -2.38. The Balaban J connectivity index is 2.14. The summed E-state index contributed by atoms with van der Waals surface area (Å²) < 4.78 is 16.8. The molecule has 1 N–H and O–H groups in total. The summed E-state index contributed by atoms with van der Waals surface area (Å²) >= 11 is 0. The molecule has 3 atom stereocenters. The minimum Gasteiger partial charge on any atom is -0.493 e. The average Bonchev–Trinajstić information content (AvgIpc) is 2.67. The van der Waals surface area contributed by atoms with Crippen LogP contribution in [0.4, 0.5) is 0 Å². The molecule has 1 heterocycles. The van der Waals surface area contributed by atoms with Gasteiger partial charge in [-0.2, -0.15) is 0 Å². The van der Waals surface area contributed by atoms with Gasteiger partial charge < -0.3 is 19.3 Å². The first-order valence-electron chi connectivity index (χ1n) is 6.64. The predicted molar refractivity (Wildman–Crippen MR) is 70.6 cm³/mol. The van der Waals surface area contributed by atoms with Gasteiger partial charge in [-0.3, -0.25) is 0 Å². The third kappa shape index (κ3) is 1.66. The van der Waals surface area contributed by atoms with Crippen molar-refractivity contribution in [3.63, 3.8) is 0 Å². The van der Waals surface area contributed by atoms with Crippen LogP contribution in [0.1, 0.15) is 18.1 Å². The largest absolute Gasteiger partial charge is 0.493 e. The summed E-state index contributed by atoms with van der Waals surface area (Å²) in [6, 6.07) is 4.04. The molecule has 104 valence electrons. The van der Waals surface area contributed by atoms with Gasteiger partial charge in [0.25, 0.3) is 0 Å². The molecule has 19 heavy (non-hydrogen) atoms. The van der Waals surface area contributed by atoms with Gasteiger partial charge in [-0.1, -0.05) is 0 Å². The van der Waals surface area contributed by atoms with Crippen LogP contribution in [0.2, 0.25) is 0 Å². The van der Waals surface area contributed by atoms with Crippen LogP contribution >= 0.6 is 0 Å². The molecule has 3 rings (SSSR count). The molecule has 1 unspecified atom stereocenters. The summed E-state index contributed by atoms with van der Waals surface area (Å²) in [4.78, 5) is 0. The van der Waals surface area contributed by atoms with Gasteiger partial charge in [0.2, 0.25) is 0 Å². The van der Waals surface area contributed by atoms with Crippen molar-refractivity contribution in [3.05, 3.63) is 23.3 Å². The second-order valence-electron chi connectivity index (χ2n) is 5.54. The molecule has 4 nitrogen and oxygen atoms in total. The molecule has 1 saturated heterocycles. The number of aliphatic hydroxyl groups is 1. The van der Waals surface area contributed by atoms with Gasteiger partial charge in [0.15, 0.2) is 11.5 Å². The number of fused-ring (bicyclic) bond motifs is 4. The maximum absolute atomic E-state index is 9.65. The van der Waals surface area contributed by atoms with Crippen LogP contribution in [0.15, 0.2) is 12.1 Å². The van der Waals surface area contributed by atoms with Crippen molar-refractivity contribution in [3.8, 4) is 11.5 Å². The van der Waals surface area contributed by atoms with E-state index in [2.05, 4.69) is 6.92 Å². The number of benzene rings is 1. The Hall–Kier alpha value is -1.26. The zero-order valence-corrected chi connectivity index (χ0v) is 11.6. The third-order valence-electron chi connectivity index (χ3n) is 4.70. The summed E-state index contributed by atoms with van der Waals surface area (Å²) in [5.41, 5.74) is 1.96. The maximum Gasteiger partial charge on any atom is 0.161 e. The van der Waals surface area contributed by atoms with E-state index in [4.69, 9.17) is 14.2 Å². The van der Waals surface area contributed by atoms with Crippen LogP contribution in [0.25, 0.3) is 0 Å². The SMILES string of the molecule is COc1cc2c(cc1OC)C1(C)OC[C@@H](C2)[C@@H]1CO. The molecule has 0 aromatic heterocycles. The number of aliphatic hydroxyl groups excluding tert-OH is 1. The van der Waals surface area contributed by atoms with Crippen molar-refractivity contribution in [2.75, 3.05) is 27.4 Å². The molecule has 1 aliphatic heterocycles. The number of hydrogen-bond donors (Lipinski definition) is 1. The Morgan fingerprint density at radius 1 is 1.32 bits per heavy atom. The molecule has 1 fully saturated rings. The Morgan fingerprint density at radius 2 is 2.00 bits per heavy atom. The molecule has 1 aromatic carbocycles. The summed E-state index contributed by atoms with van der Waals surface area (Å²) in [5.74, 6) is 2.03. The molecular weight excluding hydrogens is 244 g/mol. The van der Waals surface area contributed by atoms with Crippen molar-refractivity contribution >= 4 is 0 Å². The van der Waals surface area contributed by atoms with E-state index < -0.39 is 5.60 Å². The predicted octanol–water partition coefficient (Wildman–Crippen LogP) is 1.73. The highest BCUT2D eigenvalue weighted by molar-refractivity contribution is 5.51. The standard InChI is InChI=1S/C15H20O4/c1-15-11-6-14(18-3)13(17-2)5-9(11)4-10(8-19-15)12(15)7-16/h5-6,10,12,16H,4,7-8H2,1-3H3/t10-,12+,15?/m1/s1. The lowest BCUT2D eigenvalue weighted by atomic mass is 9.69. The van der Waals surface area contributed by atoms with Gasteiger partial charge in [-0.15, -0.1) is 0 Å². The summed E-state index contributed by atoms with van der Waals surface area (Å²) in [6.45, 7) is 2.94. The van der Waals surface area contributed by atoms with Gasteiger partial charge >= 0.3 is 0 Å². The molecule has 4 heteroatoms. The minimum atomic E-state index is -0.410. The smallest absolute Gasteiger partial charge is 0.161 e. The van der Waals surface area contributed by atoms with Gasteiger partial charge in [-0.05, 0) is 42.5 Å². The highest BCUT2D eigenvalue weighted by Gasteiger charge is 2.51. The highest BCUT2D eigenvalue weighted by atomic mass is 16.5. The normalized spacial score (nSPS) is 32.0. The lowest BCUT2D eigenvalue weighted by molar-refractivity contribution is -0.0260. The Morgan fingerprint density at radius 3 is 2.63 bits per heavy atom. The van der Waals surface area contributed by atoms with Crippen LogP contribution in [0.5, 0.6) is 11.5 Å². The fourth-order valence-corrected chi connectivity index (χ4v) is 3.59. The first kappa shape index (κ1) is 12.8. The van der Waals surface area contributed by atoms with E-state index >= 15 is 0 Å². The number of ether oxygens (including phenoxy) is 3. The molecule has 1 aromatic rings. The van der Waals surface area contributed by atoms with E-state index in [1.807, 2.05) is 12.1 Å². The van der Waals surface area contributed by atoms with Gasteiger partial charge in [0, 0.05) is 12.5 Å². The van der Waals surface area contributed by atoms with E-state index in [1.54, 1.807) is 14.2 Å². The number of methoxy groups -OCH3 is 2.